The highest BCUT2D eigenvalue weighted by Crippen LogP contribution is 2.25. The van der Waals surface area contributed by atoms with Gasteiger partial charge in [-0.05, 0) is 36.5 Å². The van der Waals surface area contributed by atoms with Gasteiger partial charge in [-0.2, -0.15) is 0 Å². The molecule has 0 radical (unpaired) electrons. The van der Waals surface area contributed by atoms with Gasteiger partial charge in [0.25, 0.3) is 0 Å². The Morgan fingerprint density at radius 1 is 1.39 bits per heavy atom. The summed E-state index contributed by atoms with van der Waals surface area (Å²) < 4.78 is 3.02. The number of anilines is 1. The van der Waals surface area contributed by atoms with Gasteiger partial charge in [0, 0.05) is 16.6 Å². The van der Waals surface area contributed by atoms with Gasteiger partial charge in [-0.15, -0.1) is 16.4 Å². The first-order chi connectivity index (χ1) is 11.1. The van der Waals surface area contributed by atoms with Crippen molar-refractivity contribution < 1.29 is 4.79 Å². The first-order valence-electron chi connectivity index (χ1n) is 6.30. The molecule has 0 aliphatic carbocycles. The molecule has 3 rings (SSSR count). The number of aromatic nitrogens is 3. The molecule has 0 bridgehead atoms. The van der Waals surface area contributed by atoms with Crippen LogP contribution in [0, 0.1) is 3.95 Å². The van der Waals surface area contributed by atoms with Crippen molar-refractivity contribution in [1.29, 1.82) is 0 Å². The molecule has 2 heterocycles. The van der Waals surface area contributed by atoms with Crippen LogP contribution in [0.3, 0.4) is 0 Å². The van der Waals surface area contributed by atoms with Crippen molar-refractivity contribution in [3.8, 4) is 5.69 Å². The summed E-state index contributed by atoms with van der Waals surface area (Å²) in [4.78, 5) is 15.9. The molecular weight excluding hydrogens is 392 g/mol. The zero-order chi connectivity index (χ0) is 16.2. The van der Waals surface area contributed by atoms with Crippen LogP contribution >= 0.6 is 58.3 Å². The third-order valence-corrected chi connectivity index (χ3v) is 5.91. The lowest BCUT2D eigenvalue weighted by Gasteiger charge is -2.00. The quantitative estimate of drug-likeness (QED) is 0.504. The molecule has 0 aliphatic heterocycles. The summed E-state index contributed by atoms with van der Waals surface area (Å²) in [6.45, 7) is 0. The molecular formula is C13H9ClN4OS4. The molecule has 118 valence electrons. The summed E-state index contributed by atoms with van der Waals surface area (Å²) >= 11 is 15.3. The lowest BCUT2D eigenvalue weighted by atomic mass is 10.3. The summed E-state index contributed by atoms with van der Waals surface area (Å²) in [5.41, 5.74) is 0.842. The molecule has 0 aliphatic rings. The Bertz CT molecular complexity index is 857. The minimum absolute atomic E-state index is 0.121. The van der Waals surface area contributed by atoms with E-state index in [2.05, 4.69) is 15.4 Å². The van der Waals surface area contributed by atoms with Crippen molar-refractivity contribution in [3.05, 3.63) is 44.8 Å². The summed E-state index contributed by atoms with van der Waals surface area (Å²) in [5, 5.41) is 10.2. The molecule has 5 nitrogen and oxygen atoms in total. The molecule has 1 aromatic carbocycles. The Morgan fingerprint density at radius 3 is 2.87 bits per heavy atom. The van der Waals surface area contributed by atoms with Gasteiger partial charge in [0.1, 0.15) is 0 Å². The van der Waals surface area contributed by atoms with Gasteiger partial charge in [0.15, 0.2) is 13.4 Å². The molecule has 0 spiro atoms. The van der Waals surface area contributed by atoms with E-state index in [9.17, 15) is 4.79 Å². The number of hydrogen-bond acceptors (Lipinski definition) is 7. The molecule has 0 saturated heterocycles. The fourth-order valence-electron chi connectivity index (χ4n) is 1.63. The van der Waals surface area contributed by atoms with Crippen LogP contribution in [0.2, 0.25) is 5.02 Å². The molecule has 0 atom stereocenters. The van der Waals surface area contributed by atoms with E-state index >= 15 is 0 Å². The lowest BCUT2D eigenvalue weighted by molar-refractivity contribution is -0.113. The number of rotatable bonds is 5. The summed E-state index contributed by atoms with van der Waals surface area (Å²) in [5.74, 6) is 0.131. The van der Waals surface area contributed by atoms with Crippen LogP contribution in [0.4, 0.5) is 5.13 Å². The first kappa shape index (κ1) is 16.6. The zero-order valence-electron chi connectivity index (χ0n) is 11.4. The van der Waals surface area contributed by atoms with E-state index in [4.69, 9.17) is 23.8 Å². The zero-order valence-corrected chi connectivity index (χ0v) is 15.5. The van der Waals surface area contributed by atoms with Crippen molar-refractivity contribution in [2.75, 3.05) is 11.1 Å². The Morgan fingerprint density at radius 2 is 2.17 bits per heavy atom. The van der Waals surface area contributed by atoms with E-state index in [-0.39, 0.29) is 11.7 Å². The monoisotopic (exact) mass is 400 g/mol. The van der Waals surface area contributed by atoms with Gasteiger partial charge in [-0.1, -0.05) is 34.7 Å². The van der Waals surface area contributed by atoms with E-state index in [1.54, 1.807) is 23.0 Å². The average molecular weight is 401 g/mol. The van der Waals surface area contributed by atoms with E-state index < -0.39 is 0 Å². The fraction of sp³-hybridized carbons (Fsp3) is 0.0769. The largest absolute Gasteiger partial charge is 0.301 e. The van der Waals surface area contributed by atoms with Gasteiger partial charge in [-0.3, -0.25) is 4.79 Å². The van der Waals surface area contributed by atoms with Gasteiger partial charge in [0.05, 0.1) is 11.4 Å². The Balaban J connectivity index is 1.65. The fourth-order valence-corrected chi connectivity index (χ4v) is 4.46. The predicted octanol–water partition coefficient (Wildman–Crippen LogP) is 4.50. The minimum Gasteiger partial charge on any atom is -0.301 e. The van der Waals surface area contributed by atoms with Gasteiger partial charge >= 0.3 is 0 Å². The number of amides is 1. The highest BCUT2D eigenvalue weighted by Gasteiger charge is 2.10. The number of thioether (sulfide) groups is 1. The molecule has 1 N–H and O–H groups in total. The maximum Gasteiger partial charge on any atom is 0.236 e. The molecule has 10 heteroatoms. The lowest BCUT2D eigenvalue weighted by Crippen LogP contribution is -2.13. The van der Waals surface area contributed by atoms with E-state index in [1.165, 1.54) is 34.4 Å². The van der Waals surface area contributed by atoms with Gasteiger partial charge < -0.3 is 5.32 Å². The Hall–Kier alpha value is -1.26. The summed E-state index contributed by atoms with van der Waals surface area (Å²) in [6.07, 6.45) is 1.65. The summed E-state index contributed by atoms with van der Waals surface area (Å²) in [7, 11) is 0. The molecule has 23 heavy (non-hydrogen) atoms. The second kappa shape index (κ2) is 7.54. The highest BCUT2D eigenvalue weighted by molar-refractivity contribution is 8.01. The number of carbonyl (C=O) groups is 1. The van der Waals surface area contributed by atoms with E-state index in [0.717, 1.165) is 10.0 Å². The average Bonchev–Trinajstić information content (AvgIpc) is 3.16. The number of benzene rings is 1. The molecule has 0 unspecified atom stereocenters. The maximum atomic E-state index is 11.8. The van der Waals surface area contributed by atoms with Crippen LogP contribution in [0.25, 0.3) is 5.69 Å². The maximum absolute atomic E-state index is 11.8. The van der Waals surface area contributed by atoms with Crippen LogP contribution in [0.15, 0.2) is 40.2 Å². The first-order valence-corrected chi connectivity index (χ1v) is 9.77. The van der Waals surface area contributed by atoms with Gasteiger partial charge in [-0.25, -0.2) is 9.67 Å². The van der Waals surface area contributed by atoms with Crippen molar-refractivity contribution in [1.82, 2.24) is 14.8 Å². The minimum atomic E-state index is -0.121. The second-order valence-corrected chi connectivity index (χ2v) is 8.37. The van der Waals surface area contributed by atoms with E-state index in [0.29, 0.717) is 14.1 Å². The van der Waals surface area contributed by atoms with Crippen LogP contribution in [-0.2, 0) is 4.79 Å². The van der Waals surface area contributed by atoms with Crippen molar-refractivity contribution in [2.45, 2.75) is 4.34 Å². The molecule has 1 amide bonds. The Kier molecular flexibility index (Phi) is 5.44. The number of thiazole rings is 1. The predicted molar refractivity (Wildman–Crippen MR) is 98.8 cm³/mol. The Labute approximate surface area is 154 Å². The van der Waals surface area contributed by atoms with Crippen molar-refractivity contribution >= 4 is 69.3 Å². The van der Waals surface area contributed by atoms with Crippen molar-refractivity contribution in [2.24, 2.45) is 0 Å². The third kappa shape index (κ3) is 4.39. The second-order valence-electron chi connectivity index (χ2n) is 4.20. The molecule has 3 aromatic rings. The highest BCUT2D eigenvalue weighted by atomic mass is 35.5. The number of hydrogen-bond donors (Lipinski definition) is 1. The third-order valence-electron chi connectivity index (χ3n) is 2.61. The van der Waals surface area contributed by atoms with Gasteiger partial charge in [0.2, 0.25) is 5.91 Å². The smallest absolute Gasteiger partial charge is 0.236 e. The number of nitrogens with zero attached hydrogens (tertiary/aromatic N) is 3. The van der Waals surface area contributed by atoms with Crippen LogP contribution in [0.1, 0.15) is 0 Å². The van der Waals surface area contributed by atoms with Crippen LogP contribution in [0.5, 0.6) is 0 Å². The standard InChI is InChI=1S/C13H9ClN4OS4/c14-8-1-3-9(4-2-8)18-13(20)23-12(17-18)22-7-10(19)16-11-15-5-6-21-11/h1-6H,7H2,(H,15,16,19). The van der Waals surface area contributed by atoms with Crippen LogP contribution < -0.4 is 5.32 Å². The van der Waals surface area contributed by atoms with E-state index in [1.807, 2.05) is 17.5 Å². The molecule has 0 fully saturated rings. The number of halogens is 1. The molecule has 0 saturated carbocycles. The topological polar surface area (TPSA) is 59.8 Å². The van der Waals surface area contributed by atoms with Crippen molar-refractivity contribution in [3.63, 3.8) is 0 Å². The van der Waals surface area contributed by atoms with Crippen LogP contribution in [-0.4, -0.2) is 26.4 Å². The number of carbonyl (C=O) groups excluding carboxylic acids is 1. The summed E-state index contributed by atoms with van der Waals surface area (Å²) in [6, 6.07) is 7.27. The molecule has 2 aromatic heterocycles. The normalized spacial score (nSPS) is 10.7. The number of nitrogens with one attached hydrogen (secondary N) is 1. The SMILES string of the molecule is O=C(CSc1nn(-c2ccc(Cl)cc2)c(=S)s1)Nc1nccs1.